The van der Waals surface area contributed by atoms with Crippen molar-refractivity contribution in [3.63, 3.8) is 0 Å². The van der Waals surface area contributed by atoms with Gasteiger partial charge in [-0.1, -0.05) is 6.07 Å². The van der Waals surface area contributed by atoms with Crippen LogP contribution in [0.25, 0.3) is 17.0 Å². The summed E-state index contributed by atoms with van der Waals surface area (Å²) in [6.07, 6.45) is 5.50. The molecule has 0 saturated carbocycles. The second-order valence-corrected chi connectivity index (χ2v) is 9.95. The summed E-state index contributed by atoms with van der Waals surface area (Å²) in [4.78, 5) is 28.6. The lowest BCUT2D eigenvalue weighted by molar-refractivity contribution is -0.131. The van der Waals surface area contributed by atoms with Gasteiger partial charge in [-0.2, -0.15) is 0 Å². The third-order valence-electron chi connectivity index (χ3n) is 7.60. The molecule has 2 aliphatic rings. The predicted molar refractivity (Wildman–Crippen MR) is 136 cm³/mol. The molecule has 9 nitrogen and oxygen atoms in total. The number of aryl methyl sites for hydroxylation is 2. The molecule has 1 spiro atoms. The first-order valence-corrected chi connectivity index (χ1v) is 12.4. The van der Waals surface area contributed by atoms with Crippen molar-refractivity contribution < 1.29 is 13.9 Å². The molecule has 0 radical (unpaired) electrons. The molecule has 6 heterocycles. The van der Waals surface area contributed by atoms with Gasteiger partial charge in [0.1, 0.15) is 11.6 Å². The number of hydrogen-bond acceptors (Lipinski definition) is 7. The quantitative estimate of drug-likeness (QED) is 0.455. The number of carbonyl (C=O) groups excluding carboxylic acids is 1. The van der Waals surface area contributed by atoms with Crippen LogP contribution < -0.4 is 10.1 Å². The minimum absolute atomic E-state index is 0.103. The SMILES string of the molecule is COc1cc([C@@H](C)C(=O)N2CC[C@@]3(CCc4cc(-c5nc6ccccn6n5)c(C)nc4N3)C2)c(F)cn1. The van der Waals surface area contributed by atoms with E-state index in [0.29, 0.717) is 30.4 Å². The maximum absolute atomic E-state index is 14.5. The van der Waals surface area contributed by atoms with Crippen molar-refractivity contribution in [2.75, 3.05) is 25.5 Å². The molecule has 4 aromatic rings. The van der Waals surface area contributed by atoms with Gasteiger partial charge in [-0.15, -0.1) is 5.10 Å². The molecule has 1 amide bonds. The third kappa shape index (κ3) is 4.06. The van der Waals surface area contributed by atoms with E-state index in [1.807, 2.05) is 36.2 Å². The minimum Gasteiger partial charge on any atom is -0.481 e. The number of methoxy groups -OCH3 is 1. The van der Waals surface area contributed by atoms with Gasteiger partial charge in [0.2, 0.25) is 11.8 Å². The Morgan fingerprint density at radius 2 is 2.11 bits per heavy atom. The fourth-order valence-electron chi connectivity index (χ4n) is 5.46. The number of fused-ring (bicyclic) bond motifs is 2. The van der Waals surface area contributed by atoms with Crippen LogP contribution in [0.2, 0.25) is 0 Å². The number of ether oxygens (including phenoxy) is 1. The van der Waals surface area contributed by atoms with Gasteiger partial charge < -0.3 is 15.0 Å². The van der Waals surface area contributed by atoms with Crippen molar-refractivity contribution in [3.8, 4) is 17.3 Å². The number of nitrogens with zero attached hydrogens (tertiary/aromatic N) is 6. The van der Waals surface area contributed by atoms with E-state index in [4.69, 9.17) is 9.72 Å². The van der Waals surface area contributed by atoms with Gasteiger partial charge >= 0.3 is 0 Å². The molecule has 2 atom stereocenters. The highest BCUT2D eigenvalue weighted by molar-refractivity contribution is 5.84. The fourth-order valence-corrected chi connectivity index (χ4v) is 5.46. The summed E-state index contributed by atoms with van der Waals surface area (Å²) in [5.74, 6) is 0.558. The van der Waals surface area contributed by atoms with E-state index in [0.717, 1.165) is 53.7 Å². The molecule has 1 fully saturated rings. The second-order valence-electron chi connectivity index (χ2n) is 9.95. The van der Waals surface area contributed by atoms with Crippen molar-refractivity contribution in [1.82, 2.24) is 29.5 Å². The maximum Gasteiger partial charge on any atom is 0.230 e. The van der Waals surface area contributed by atoms with Gasteiger partial charge in [0.25, 0.3) is 0 Å². The van der Waals surface area contributed by atoms with E-state index >= 15 is 0 Å². The number of carbonyl (C=O) groups is 1. The highest BCUT2D eigenvalue weighted by Gasteiger charge is 2.43. The fraction of sp³-hybridized carbons (Fsp3) is 0.370. The van der Waals surface area contributed by atoms with Gasteiger partial charge in [0.05, 0.1) is 30.5 Å². The van der Waals surface area contributed by atoms with Crippen LogP contribution in [0.3, 0.4) is 0 Å². The molecule has 0 bridgehead atoms. The lowest BCUT2D eigenvalue weighted by atomic mass is 9.86. The Balaban J connectivity index is 1.21. The Morgan fingerprint density at radius 3 is 2.92 bits per heavy atom. The molecule has 37 heavy (non-hydrogen) atoms. The molecular formula is C27H28FN7O2. The Bertz CT molecular complexity index is 1490. The van der Waals surface area contributed by atoms with E-state index in [9.17, 15) is 9.18 Å². The molecule has 0 aliphatic carbocycles. The van der Waals surface area contributed by atoms with Gasteiger partial charge in [0, 0.05) is 36.5 Å². The lowest BCUT2D eigenvalue weighted by Crippen LogP contribution is -2.46. The first-order valence-electron chi connectivity index (χ1n) is 12.4. The normalized spacial score (nSPS) is 19.6. The van der Waals surface area contributed by atoms with Crippen molar-refractivity contribution in [2.45, 2.75) is 44.6 Å². The van der Waals surface area contributed by atoms with Gasteiger partial charge in [-0.3, -0.25) is 4.79 Å². The highest BCUT2D eigenvalue weighted by atomic mass is 19.1. The van der Waals surface area contributed by atoms with Crippen molar-refractivity contribution >= 4 is 17.4 Å². The average Bonchev–Trinajstić information content (AvgIpc) is 3.52. The lowest BCUT2D eigenvalue weighted by Gasteiger charge is -2.36. The maximum atomic E-state index is 14.5. The van der Waals surface area contributed by atoms with E-state index in [2.05, 4.69) is 26.4 Å². The number of amides is 1. The Morgan fingerprint density at radius 1 is 1.24 bits per heavy atom. The van der Waals surface area contributed by atoms with E-state index in [-0.39, 0.29) is 11.4 Å². The minimum atomic E-state index is -0.635. The van der Waals surface area contributed by atoms with Gasteiger partial charge in [-0.25, -0.2) is 23.9 Å². The summed E-state index contributed by atoms with van der Waals surface area (Å²) in [7, 11) is 1.47. The van der Waals surface area contributed by atoms with Crippen LogP contribution in [-0.2, 0) is 11.2 Å². The second kappa shape index (κ2) is 8.79. The van der Waals surface area contributed by atoms with Crippen LogP contribution in [0.1, 0.15) is 42.5 Å². The summed E-state index contributed by atoms with van der Waals surface area (Å²) in [5, 5.41) is 8.27. The number of pyridine rings is 3. The predicted octanol–water partition coefficient (Wildman–Crippen LogP) is 3.78. The Kier molecular flexibility index (Phi) is 5.54. The molecule has 2 aliphatic heterocycles. The topological polar surface area (TPSA) is 97.5 Å². The molecule has 190 valence electrons. The first-order chi connectivity index (χ1) is 17.9. The summed E-state index contributed by atoms with van der Waals surface area (Å²) in [5.41, 5.74) is 3.73. The van der Waals surface area contributed by atoms with E-state index in [1.165, 1.54) is 13.2 Å². The number of aromatic nitrogens is 5. The standard InChI is InChI=1S/C27H28FN7O2/c1-16(19-13-23(37-3)29-14-21(19)28)26(36)34-11-9-27(15-34)8-7-18-12-20(17(2)30-24(18)32-27)25-31-22-6-4-5-10-35(22)33-25/h4-6,10,12-14,16H,7-9,11,15H2,1-3H3,(H,30,32)/t16-,27+/m1/s1. The van der Waals surface area contributed by atoms with Crippen molar-refractivity contribution in [2.24, 2.45) is 0 Å². The number of rotatable bonds is 4. The summed E-state index contributed by atoms with van der Waals surface area (Å²) in [6, 6.07) is 9.42. The van der Waals surface area contributed by atoms with Crippen molar-refractivity contribution in [1.29, 1.82) is 0 Å². The monoisotopic (exact) mass is 501 g/mol. The Hall–Kier alpha value is -4.08. The molecule has 6 rings (SSSR count). The number of nitrogens with one attached hydrogen (secondary N) is 1. The first kappa shape index (κ1) is 23.3. The zero-order valence-corrected chi connectivity index (χ0v) is 21.0. The molecule has 10 heteroatoms. The summed E-state index contributed by atoms with van der Waals surface area (Å²) < 4.78 is 21.3. The molecule has 0 unspecified atom stereocenters. The molecule has 4 aromatic heterocycles. The Labute approximate surface area is 213 Å². The van der Waals surface area contributed by atoms with E-state index in [1.54, 1.807) is 11.4 Å². The summed E-state index contributed by atoms with van der Waals surface area (Å²) in [6.45, 7) is 4.86. The van der Waals surface area contributed by atoms with Gasteiger partial charge in [-0.05, 0) is 56.9 Å². The van der Waals surface area contributed by atoms with E-state index < -0.39 is 11.7 Å². The van der Waals surface area contributed by atoms with Crippen LogP contribution in [0.4, 0.5) is 10.2 Å². The number of halogens is 1. The molecular weight excluding hydrogens is 473 g/mol. The van der Waals surface area contributed by atoms with Gasteiger partial charge in [0.15, 0.2) is 11.5 Å². The largest absolute Gasteiger partial charge is 0.481 e. The molecule has 1 saturated heterocycles. The van der Waals surface area contributed by atoms with Crippen molar-refractivity contribution in [3.05, 3.63) is 65.4 Å². The van der Waals surface area contributed by atoms with Crippen LogP contribution in [0, 0.1) is 12.7 Å². The van der Waals surface area contributed by atoms with Crippen LogP contribution in [-0.4, -0.2) is 61.1 Å². The zero-order valence-electron chi connectivity index (χ0n) is 21.0. The summed E-state index contributed by atoms with van der Waals surface area (Å²) >= 11 is 0. The molecule has 1 N–H and O–H groups in total. The number of anilines is 1. The average molecular weight is 502 g/mol. The van der Waals surface area contributed by atoms with Crippen LogP contribution in [0.15, 0.2) is 42.7 Å². The smallest absolute Gasteiger partial charge is 0.230 e. The third-order valence-corrected chi connectivity index (χ3v) is 7.60. The van der Waals surface area contributed by atoms with Crippen LogP contribution in [0.5, 0.6) is 5.88 Å². The highest BCUT2D eigenvalue weighted by Crippen LogP contribution is 2.39. The molecule has 0 aromatic carbocycles. The zero-order chi connectivity index (χ0) is 25.7. The van der Waals surface area contributed by atoms with Crippen LogP contribution >= 0.6 is 0 Å². The number of likely N-dealkylation sites (tertiary alicyclic amines) is 1. The number of hydrogen-bond donors (Lipinski definition) is 1.